The summed E-state index contributed by atoms with van der Waals surface area (Å²) in [5, 5.41) is 0. The van der Waals surface area contributed by atoms with Gasteiger partial charge in [0.1, 0.15) is 0 Å². The molecule has 1 aliphatic rings. The van der Waals surface area contributed by atoms with Gasteiger partial charge in [-0.05, 0) is 39.3 Å². The smallest absolute Gasteiger partial charge is 0.306 e. The Labute approximate surface area is 83.3 Å². The van der Waals surface area contributed by atoms with Crippen molar-refractivity contribution in [3.63, 3.8) is 0 Å². The van der Waals surface area contributed by atoms with Crippen LogP contribution in [0.3, 0.4) is 0 Å². The van der Waals surface area contributed by atoms with E-state index in [9.17, 15) is 13.2 Å². The third kappa shape index (κ3) is 2.62. The Bertz CT molecular complexity index is 188. The maximum atomic E-state index is 12.4. The van der Waals surface area contributed by atoms with Crippen molar-refractivity contribution < 1.29 is 13.2 Å². The van der Waals surface area contributed by atoms with E-state index in [0.29, 0.717) is 12.5 Å². The summed E-state index contributed by atoms with van der Waals surface area (Å²) in [5.74, 6) is -0.931. The lowest BCUT2D eigenvalue weighted by atomic mass is 9.78. The van der Waals surface area contributed by atoms with E-state index in [2.05, 4.69) is 0 Å². The van der Waals surface area contributed by atoms with Crippen molar-refractivity contribution in [1.82, 2.24) is 4.90 Å². The van der Waals surface area contributed by atoms with Gasteiger partial charge < -0.3 is 4.90 Å². The lowest BCUT2D eigenvalue weighted by Gasteiger charge is -2.38. The summed E-state index contributed by atoms with van der Waals surface area (Å²) in [5.41, 5.74) is 0. The molecule has 0 aromatic rings. The highest BCUT2D eigenvalue weighted by atomic mass is 19.4. The van der Waals surface area contributed by atoms with Crippen LogP contribution in [0.4, 0.5) is 13.2 Å². The quantitative estimate of drug-likeness (QED) is 0.641. The van der Waals surface area contributed by atoms with Gasteiger partial charge in [0.15, 0.2) is 0 Å². The molecule has 4 heteroatoms. The first-order valence-electron chi connectivity index (χ1n) is 5.05. The summed E-state index contributed by atoms with van der Waals surface area (Å²) in [4.78, 5) is 2.04. The summed E-state index contributed by atoms with van der Waals surface area (Å²) >= 11 is 0. The van der Waals surface area contributed by atoms with E-state index in [0.717, 1.165) is 0 Å². The number of hydrogen-bond donors (Lipinski definition) is 0. The summed E-state index contributed by atoms with van der Waals surface area (Å²) < 4.78 is 37.3. The largest absolute Gasteiger partial charge is 0.391 e. The molecule has 0 unspecified atom stereocenters. The lowest BCUT2D eigenvalue weighted by Crippen LogP contribution is -2.41. The fourth-order valence-corrected chi connectivity index (χ4v) is 2.44. The lowest BCUT2D eigenvalue weighted by molar-refractivity contribution is -0.188. The normalized spacial score (nSPS) is 34.9. The van der Waals surface area contributed by atoms with Gasteiger partial charge in [-0.15, -0.1) is 0 Å². The first-order valence-corrected chi connectivity index (χ1v) is 5.05. The molecule has 0 amide bonds. The van der Waals surface area contributed by atoms with Crippen molar-refractivity contribution in [3.8, 4) is 0 Å². The van der Waals surface area contributed by atoms with Crippen molar-refractivity contribution in [3.05, 3.63) is 0 Å². The van der Waals surface area contributed by atoms with Gasteiger partial charge in [-0.2, -0.15) is 13.2 Å². The summed E-state index contributed by atoms with van der Waals surface area (Å²) in [6.07, 6.45) is -2.76. The Balaban J connectivity index is 2.55. The highest BCUT2D eigenvalue weighted by Crippen LogP contribution is 2.40. The predicted molar refractivity (Wildman–Crippen MR) is 50.0 cm³/mol. The zero-order valence-electron chi connectivity index (χ0n) is 8.93. The molecule has 3 atom stereocenters. The SMILES string of the molecule is C[C@H]1C[C@H](C(F)(F)F)CC[C@@H]1N(C)C. The standard InChI is InChI=1S/C10H18F3N/c1-7-6-8(10(11,12)13)4-5-9(7)14(2)3/h7-9H,4-6H2,1-3H3/t7-,8+,9-/m0/s1. The zero-order valence-corrected chi connectivity index (χ0v) is 8.93. The van der Waals surface area contributed by atoms with Crippen LogP contribution < -0.4 is 0 Å². The number of nitrogens with zero attached hydrogens (tertiary/aromatic N) is 1. The van der Waals surface area contributed by atoms with Crippen LogP contribution in [0.1, 0.15) is 26.2 Å². The van der Waals surface area contributed by atoms with Crippen molar-refractivity contribution in [2.75, 3.05) is 14.1 Å². The highest BCUT2D eigenvalue weighted by Gasteiger charge is 2.43. The van der Waals surface area contributed by atoms with Gasteiger partial charge in [-0.1, -0.05) is 6.92 Å². The monoisotopic (exact) mass is 209 g/mol. The average molecular weight is 209 g/mol. The minimum Gasteiger partial charge on any atom is -0.306 e. The fourth-order valence-electron chi connectivity index (χ4n) is 2.44. The van der Waals surface area contributed by atoms with E-state index in [4.69, 9.17) is 0 Å². The molecular weight excluding hydrogens is 191 g/mol. The Morgan fingerprint density at radius 3 is 2.07 bits per heavy atom. The second-order valence-electron chi connectivity index (χ2n) is 4.56. The molecule has 0 spiro atoms. The first-order chi connectivity index (χ1) is 6.32. The van der Waals surface area contributed by atoms with E-state index in [1.54, 1.807) is 0 Å². The molecule has 0 saturated heterocycles. The maximum Gasteiger partial charge on any atom is 0.391 e. The van der Waals surface area contributed by atoms with Crippen molar-refractivity contribution in [2.45, 2.75) is 38.4 Å². The van der Waals surface area contributed by atoms with Gasteiger partial charge >= 0.3 is 6.18 Å². The number of alkyl halides is 3. The second kappa shape index (κ2) is 4.09. The van der Waals surface area contributed by atoms with Crippen LogP contribution in [0, 0.1) is 11.8 Å². The van der Waals surface area contributed by atoms with E-state index >= 15 is 0 Å². The molecule has 0 radical (unpaired) electrons. The molecule has 1 nitrogen and oxygen atoms in total. The van der Waals surface area contributed by atoms with E-state index < -0.39 is 12.1 Å². The molecule has 1 saturated carbocycles. The van der Waals surface area contributed by atoms with Gasteiger partial charge in [0.2, 0.25) is 0 Å². The van der Waals surface area contributed by atoms with Gasteiger partial charge in [0.25, 0.3) is 0 Å². The third-order valence-corrected chi connectivity index (χ3v) is 3.25. The Hall–Kier alpha value is -0.250. The van der Waals surface area contributed by atoms with Crippen LogP contribution >= 0.6 is 0 Å². The molecule has 0 bridgehead atoms. The topological polar surface area (TPSA) is 3.24 Å². The fraction of sp³-hybridized carbons (Fsp3) is 1.00. The second-order valence-corrected chi connectivity index (χ2v) is 4.56. The first kappa shape index (κ1) is 11.8. The minimum absolute atomic E-state index is 0.144. The number of halogens is 3. The minimum atomic E-state index is -3.99. The van der Waals surface area contributed by atoms with Crippen LogP contribution in [0.25, 0.3) is 0 Å². The zero-order chi connectivity index (χ0) is 10.9. The van der Waals surface area contributed by atoms with Gasteiger partial charge in [0, 0.05) is 6.04 Å². The predicted octanol–water partition coefficient (Wildman–Crippen LogP) is 2.92. The molecule has 1 fully saturated rings. The van der Waals surface area contributed by atoms with Crippen molar-refractivity contribution in [2.24, 2.45) is 11.8 Å². The summed E-state index contributed by atoms with van der Waals surface area (Å²) in [6, 6.07) is 0.314. The van der Waals surface area contributed by atoms with Gasteiger partial charge in [-0.25, -0.2) is 0 Å². The van der Waals surface area contributed by atoms with Crippen molar-refractivity contribution >= 4 is 0 Å². The average Bonchev–Trinajstić information content (AvgIpc) is 2.01. The third-order valence-electron chi connectivity index (χ3n) is 3.25. The molecule has 84 valence electrons. The van der Waals surface area contributed by atoms with E-state index in [1.165, 1.54) is 0 Å². The summed E-state index contributed by atoms with van der Waals surface area (Å²) in [6.45, 7) is 1.92. The van der Waals surface area contributed by atoms with Gasteiger partial charge in [0.05, 0.1) is 5.92 Å². The highest BCUT2D eigenvalue weighted by molar-refractivity contribution is 4.84. The van der Waals surface area contributed by atoms with Gasteiger partial charge in [-0.3, -0.25) is 0 Å². The Morgan fingerprint density at radius 1 is 1.14 bits per heavy atom. The molecule has 0 aromatic carbocycles. The molecular formula is C10H18F3N. The van der Waals surface area contributed by atoms with E-state index in [-0.39, 0.29) is 18.8 Å². The van der Waals surface area contributed by atoms with E-state index in [1.807, 2.05) is 25.9 Å². The molecule has 1 rings (SSSR count). The molecule has 0 N–H and O–H groups in total. The van der Waals surface area contributed by atoms with Crippen LogP contribution in [-0.4, -0.2) is 31.2 Å². The van der Waals surface area contributed by atoms with Crippen molar-refractivity contribution in [1.29, 1.82) is 0 Å². The van der Waals surface area contributed by atoms with Crippen LogP contribution in [-0.2, 0) is 0 Å². The molecule has 14 heavy (non-hydrogen) atoms. The van der Waals surface area contributed by atoms with Crippen LogP contribution in [0.2, 0.25) is 0 Å². The summed E-state index contributed by atoms with van der Waals surface area (Å²) in [7, 11) is 3.88. The molecule has 0 heterocycles. The van der Waals surface area contributed by atoms with Crippen LogP contribution in [0.5, 0.6) is 0 Å². The molecule has 0 aliphatic heterocycles. The number of rotatable bonds is 1. The Morgan fingerprint density at radius 2 is 1.71 bits per heavy atom. The number of hydrogen-bond acceptors (Lipinski definition) is 1. The maximum absolute atomic E-state index is 12.4. The molecule has 1 aliphatic carbocycles. The van der Waals surface area contributed by atoms with Crippen LogP contribution in [0.15, 0.2) is 0 Å². The molecule has 0 aromatic heterocycles. The Kier molecular flexibility index (Phi) is 3.45.